The van der Waals surface area contributed by atoms with Crippen molar-refractivity contribution in [2.45, 2.75) is 38.1 Å². The first-order chi connectivity index (χ1) is 13.7. The number of halogens is 2. The third-order valence-corrected chi connectivity index (χ3v) is 5.66. The van der Waals surface area contributed by atoms with Gasteiger partial charge < -0.3 is 0 Å². The molecule has 0 amide bonds. The van der Waals surface area contributed by atoms with Gasteiger partial charge >= 0.3 is 0 Å². The molecule has 2 heterocycles. The van der Waals surface area contributed by atoms with Gasteiger partial charge in [0.2, 0.25) is 0 Å². The second kappa shape index (κ2) is 8.65. The van der Waals surface area contributed by atoms with Crippen LogP contribution in [0.4, 0.5) is 8.78 Å². The minimum atomic E-state index is -0.787. The Balaban J connectivity index is 1.32. The van der Waals surface area contributed by atoms with E-state index >= 15 is 0 Å². The SMILES string of the molecule is Fc1ccc(CN2CCC(c3[nH]ncc3CCc3ccccc3)CC2)cc1F. The number of H-pyrrole nitrogens is 1. The largest absolute Gasteiger partial charge is 0.299 e. The van der Waals surface area contributed by atoms with Crippen molar-refractivity contribution < 1.29 is 8.78 Å². The van der Waals surface area contributed by atoms with E-state index in [2.05, 4.69) is 39.4 Å². The summed E-state index contributed by atoms with van der Waals surface area (Å²) in [7, 11) is 0. The standard InChI is InChI=1S/C23H25F2N3/c24-21-9-7-18(14-22(21)25)16-28-12-10-19(11-13-28)23-20(15-26-27-23)8-6-17-4-2-1-3-5-17/h1-5,7,9,14-15,19H,6,8,10-13,16H2,(H,26,27). The van der Waals surface area contributed by atoms with Crippen molar-refractivity contribution in [3.63, 3.8) is 0 Å². The van der Waals surface area contributed by atoms with Crippen molar-refractivity contribution >= 4 is 0 Å². The summed E-state index contributed by atoms with van der Waals surface area (Å²) in [6.45, 7) is 2.55. The summed E-state index contributed by atoms with van der Waals surface area (Å²) in [6.07, 6.45) is 6.06. The molecule has 0 bridgehead atoms. The molecule has 1 aliphatic rings. The van der Waals surface area contributed by atoms with Gasteiger partial charge in [-0.05, 0) is 67.6 Å². The first-order valence-electron chi connectivity index (χ1n) is 9.91. The lowest BCUT2D eigenvalue weighted by Crippen LogP contribution is -2.32. The van der Waals surface area contributed by atoms with Crippen molar-refractivity contribution in [2.75, 3.05) is 13.1 Å². The topological polar surface area (TPSA) is 31.9 Å². The van der Waals surface area contributed by atoms with Crippen LogP contribution in [-0.2, 0) is 19.4 Å². The fourth-order valence-corrected chi connectivity index (χ4v) is 4.07. The van der Waals surface area contributed by atoms with Gasteiger partial charge in [-0.15, -0.1) is 0 Å². The zero-order chi connectivity index (χ0) is 19.3. The molecule has 1 fully saturated rings. The molecule has 0 aliphatic carbocycles. The number of aryl methyl sites for hydroxylation is 2. The molecule has 1 aliphatic heterocycles. The highest BCUT2D eigenvalue weighted by Gasteiger charge is 2.24. The molecule has 0 radical (unpaired) electrons. The Hall–Kier alpha value is -2.53. The van der Waals surface area contributed by atoms with Gasteiger partial charge in [0.1, 0.15) is 0 Å². The van der Waals surface area contributed by atoms with Crippen molar-refractivity contribution in [3.05, 3.63) is 88.7 Å². The molecule has 0 unspecified atom stereocenters. The van der Waals surface area contributed by atoms with E-state index < -0.39 is 11.6 Å². The van der Waals surface area contributed by atoms with Crippen LogP contribution in [0.2, 0.25) is 0 Å². The van der Waals surface area contributed by atoms with Crippen LogP contribution in [0.15, 0.2) is 54.7 Å². The number of nitrogens with zero attached hydrogens (tertiary/aromatic N) is 2. The second-order valence-corrected chi connectivity index (χ2v) is 7.59. The molecule has 28 heavy (non-hydrogen) atoms. The zero-order valence-corrected chi connectivity index (χ0v) is 15.9. The molecular weight excluding hydrogens is 356 g/mol. The number of aromatic amines is 1. The summed E-state index contributed by atoms with van der Waals surface area (Å²) in [5.74, 6) is -1.08. The Morgan fingerprint density at radius 1 is 0.929 bits per heavy atom. The number of rotatable bonds is 6. The van der Waals surface area contributed by atoms with Gasteiger partial charge in [0.15, 0.2) is 11.6 Å². The van der Waals surface area contributed by atoms with Crippen LogP contribution < -0.4 is 0 Å². The number of benzene rings is 2. The van der Waals surface area contributed by atoms with E-state index in [1.54, 1.807) is 6.07 Å². The second-order valence-electron chi connectivity index (χ2n) is 7.59. The molecule has 0 saturated carbocycles. The first-order valence-corrected chi connectivity index (χ1v) is 9.91. The molecule has 4 rings (SSSR count). The van der Waals surface area contributed by atoms with E-state index in [0.29, 0.717) is 12.5 Å². The normalized spacial score (nSPS) is 15.8. The molecule has 146 valence electrons. The molecule has 1 saturated heterocycles. The molecule has 1 aromatic heterocycles. The molecule has 2 aromatic carbocycles. The average molecular weight is 381 g/mol. The molecule has 5 heteroatoms. The van der Waals surface area contributed by atoms with Gasteiger partial charge in [0.05, 0.1) is 6.20 Å². The van der Waals surface area contributed by atoms with E-state index in [1.807, 2.05) is 12.3 Å². The number of piperidine rings is 1. The summed E-state index contributed by atoms with van der Waals surface area (Å²) >= 11 is 0. The van der Waals surface area contributed by atoms with Crippen molar-refractivity contribution in [1.82, 2.24) is 15.1 Å². The minimum Gasteiger partial charge on any atom is -0.299 e. The Morgan fingerprint density at radius 2 is 1.71 bits per heavy atom. The summed E-state index contributed by atoms with van der Waals surface area (Å²) < 4.78 is 26.5. The third kappa shape index (κ3) is 4.47. The third-order valence-electron chi connectivity index (χ3n) is 5.66. The highest BCUT2D eigenvalue weighted by Crippen LogP contribution is 2.30. The maximum absolute atomic E-state index is 13.4. The van der Waals surface area contributed by atoms with E-state index in [1.165, 1.54) is 29.0 Å². The number of aromatic nitrogens is 2. The monoisotopic (exact) mass is 381 g/mol. The lowest BCUT2D eigenvalue weighted by atomic mass is 9.89. The molecule has 1 N–H and O–H groups in total. The van der Waals surface area contributed by atoms with Crippen molar-refractivity contribution in [2.24, 2.45) is 0 Å². The van der Waals surface area contributed by atoms with E-state index in [9.17, 15) is 8.78 Å². The predicted octanol–water partition coefficient (Wildman–Crippen LogP) is 4.85. The van der Waals surface area contributed by atoms with Crippen LogP contribution >= 0.6 is 0 Å². The van der Waals surface area contributed by atoms with Gasteiger partial charge in [-0.2, -0.15) is 5.10 Å². The predicted molar refractivity (Wildman–Crippen MR) is 106 cm³/mol. The van der Waals surface area contributed by atoms with Gasteiger partial charge in [-0.1, -0.05) is 36.4 Å². The van der Waals surface area contributed by atoms with Crippen molar-refractivity contribution in [1.29, 1.82) is 0 Å². The lowest BCUT2D eigenvalue weighted by Gasteiger charge is -2.32. The molecular formula is C23H25F2N3. The minimum absolute atomic E-state index is 0.481. The van der Waals surface area contributed by atoms with Gasteiger partial charge in [-0.25, -0.2) is 8.78 Å². The van der Waals surface area contributed by atoms with Crippen LogP contribution in [0.1, 0.15) is 41.1 Å². The number of likely N-dealkylation sites (tertiary alicyclic amines) is 1. The van der Waals surface area contributed by atoms with Crippen LogP contribution in [0.3, 0.4) is 0 Å². The molecule has 3 nitrogen and oxygen atoms in total. The number of hydrogen-bond acceptors (Lipinski definition) is 2. The summed E-state index contributed by atoms with van der Waals surface area (Å²) in [6, 6.07) is 14.7. The lowest BCUT2D eigenvalue weighted by molar-refractivity contribution is 0.202. The Bertz CT molecular complexity index is 899. The highest BCUT2D eigenvalue weighted by atomic mass is 19.2. The maximum atomic E-state index is 13.4. The van der Waals surface area contributed by atoms with Gasteiger partial charge in [-0.3, -0.25) is 10.00 Å². The fourth-order valence-electron chi connectivity index (χ4n) is 4.07. The Morgan fingerprint density at radius 3 is 2.46 bits per heavy atom. The molecule has 3 aromatic rings. The van der Waals surface area contributed by atoms with E-state index in [4.69, 9.17) is 0 Å². The summed E-state index contributed by atoms with van der Waals surface area (Å²) in [4.78, 5) is 2.31. The first kappa shape index (κ1) is 18.8. The fraction of sp³-hybridized carbons (Fsp3) is 0.348. The smallest absolute Gasteiger partial charge is 0.159 e. The Labute approximate surface area is 164 Å². The number of hydrogen-bond donors (Lipinski definition) is 1. The van der Waals surface area contributed by atoms with Crippen LogP contribution in [0.5, 0.6) is 0 Å². The van der Waals surface area contributed by atoms with Crippen LogP contribution in [0, 0.1) is 11.6 Å². The zero-order valence-electron chi connectivity index (χ0n) is 15.9. The van der Waals surface area contributed by atoms with Gasteiger partial charge in [0.25, 0.3) is 0 Å². The van der Waals surface area contributed by atoms with E-state index in [0.717, 1.165) is 44.3 Å². The summed E-state index contributed by atoms with van der Waals surface area (Å²) in [5.41, 5.74) is 4.74. The Kier molecular flexibility index (Phi) is 5.81. The van der Waals surface area contributed by atoms with Crippen LogP contribution in [0.25, 0.3) is 0 Å². The number of nitrogens with one attached hydrogen (secondary N) is 1. The maximum Gasteiger partial charge on any atom is 0.159 e. The van der Waals surface area contributed by atoms with Crippen LogP contribution in [-0.4, -0.2) is 28.2 Å². The quantitative estimate of drug-likeness (QED) is 0.662. The highest BCUT2D eigenvalue weighted by molar-refractivity contribution is 5.24. The summed E-state index contributed by atoms with van der Waals surface area (Å²) in [5, 5.41) is 7.53. The molecule has 0 atom stereocenters. The molecule has 0 spiro atoms. The average Bonchev–Trinajstić information content (AvgIpc) is 3.19. The van der Waals surface area contributed by atoms with Crippen molar-refractivity contribution in [3.8, 4) is 0 Å². The van der Waals surface area contributed by atoms with E-state index in [-0.39, 0.29) is 0 Å². The van der Waals surface area contributed by atoms with Gasteiger partial charge in [0, 0.05) is 18.2 Å².